The number of carbonyl (C=O) groups excluding carboxylic acids is 1. The van der Waals surface area contributed by atoms with Crippen LogP contribution in [0.5, 0.6) is 0 Å². The molecule has 0 unspecified atom stereocenters. The second kappa shape index (κ2) is 7.46. The summed E-state index contributed by atoms with van der Waals surface area (Å²) in [6.07, 6.45) is 4.24. The number of aromatic amines is 1. The van der Waals surface area contributed by atoms with Crippen molar-refractivity contribution >= 4 is 5.91 Å². The Labute approximate surface area is 143 Å². The van der Waals surface area contributed by atoms with Crippen molar-refractivity contribution in [2.45, 2.75) is 38.3 Å². The SMILES string of the molecule is O=C(CCn1ccc(=O)[nH]c1=O)N1CCCC[C@H]1c1cccc(F)c1. The first-order chi connectivity index (χ1) is 12.0. The van der Waals surface area contributed by atoms with E-state index in [9.17, 15) is 18.8 Å². The molecule has 1 aliphatic rings. The molecule has 0 aliphatic carbocycles. The Hall–Kier alpha value is -2.70. The number of rotatable bonds is 4. The molecular formula is C18H20FN3O3. The summed E-state index contributed by atoms with van der Waals surface area (Å²) >= 11 is 0. The minimum atomic E-state index is -0.527. The second-order valence-corrected chi connectivity index (χ2v) is 6.21. The van der Waals surface area contributed by atoms with Crippen LogP contribution in [0.15, 0.2) is 46.1 Å². The predicted octanol–water partition coefficient (Wildman–Crippen LogP) is 1.82. The van der Waals surface area contributed by atoms with Crippen molar-refractivity contribution in [1.29, 1.82) is 0 Å². The molecule has 1 atom stereocenters. The van der Waals surface area contributed by atoms with E-state index >= 15 is 0 Å². The molecule has 2 aromatic rings. The summed E-state index contributed by atoms with van der Waals surface area (Å²) in [7, 11) is 0. The minimum Gasteiger partial charge on any atom is -0.336 e. The Kier molecular flexibility index (Phi) is 5.11. The molecule has 3 rings (SSSR count). The summed E-state index contributed by atoms with van der Waals surface area (Å²) in [6, 6.07) is 7.48. The van der Waals surface area contributed by atoms with Crippen molar-refractivity contribution in [2.75, 3.05) is 6.54 Å². The number of amides is 1. The van der Waals surface area contributed by atoms with Crippen LogP contribution in [0.4, 0.5) is 4.39 Å². The Bertz CT molecular complexity index is 874. The first-order valence-electron chi connectivity index (χ1n) is 8.39. The molecule has 0 bridgehead atoms. The number of H-pyrrole nitrogens is 1. The smallest absolute Gasteiger partial charge is 0.328 e. The number of aromatic nitrogens is 2. The van der Waals surface area contributed by atoms with E-state index in [1.807, 2.05) is 6.07 Å². The molecule has 0 radical (unpaired) electrons. The highest BCUT2D eigenvalue weighted by molar-refractivity contribution is 5.76. The van der Waals surface area contributed by atoms with Gasteiger partial charge in [0, 0.05) is 31.8 Å². The molecule has 1 aliphatic heterocycles. The van der Waals surface area contributed by atoms with Gasteiger partial charge in [0.05, 0.1) is 6.04 Å². The van der Waals surface area contributed by atoms with Gasteiger partial charge in [0.25, 0.3) is 5.56 Å². The average Bonchev–Trinajstić information content (AvgIpc) is 2.61. The van der Waals surface area contributed by atoms with Gasteiger partial charge in [-0.15, -0.1) is 0 Å². The maximum atomic E-state index is 13.5. The second-order valence-electron chi connectivity index (χ2n) is 6.21. The number of nitrogens with one attached hydrogen (secondary N) is 1. The normalized spacial score (nSPS) is 17.5. The van der Waals surface area contributed by atoms with Gasteiger partial charge < -0.3 is 9.47 Å². The zero-order valence-electron chi connectivity index (χ0n) is 13.8. The van der Waals surface area contributed by atoms with Crippen LogP contribution in [0.3, 0.4) is 0 Å². The Balaban J connectivity index is 1.72. The van der Waals surface area contributed by atoms with E-state index < -0.39 is 11.2 Å². The number of benzene rings is 1. The van der Waals surface area contributed by atoms with Gasteiger partial charge in [0.2, 0.25) is 5.91 Å². The number of likely N-dealkylation sites (tertiary alicyclic amines) is 1. The molecule has 1 N–H and O–H groups in total. The highest BCUT2D eigenvalue weighted by Crippen LogP contribution is 2.31. The molecule has 0 saturated carbocycles. The van der Waals surface area contributed by atoms with E-state index in [-0.39, 0.29) is 30.7 Å². The van der Waals surface area contributed by atoms with Crippen molar-refractivity contribution in [2.24, 2.45) is 0 Å². The predicted molar refractivity (Wildman–Crippen MR) is 90.6 cm³/mol. The van der Waals surface area contributed by atoms with Crippen molar-refractivity contribution in [3.05, 3.63) is 68.7 Å². The van der Waals surface area contributed by atoms with E-state index in [0.717, 1.165) is 24.8 Å². The van der Waals surface area contributed by atoms with E-state index in [1.165, 1.54) is 29.0 Å². The third kappa shape index (κ3) is 4.04. The van der Waals surface area contributed by atoms with Crippen LogP contribution < -0.4 is 11.2 Å². The number of hydrogen-bond donors (Lipinski definition) is 1. The maximum absolute atomic E-state index is 13.5. The Morgan fingerprint density at radius 3 is 2.84 bits per heavy atom. The molecule has 2 heterocycles. The molecule has 1 fully saturated rings. The lowest BCUT2D eigenvalue weighted by atomic mass is 9.95. The topological polar surface area (TPSA) is 75.2 Å². The first kappa shape index (κ1) is 17.1. The zero-order chi connectivity index (χ0) is 17.8. The molecule has 1 saturated heterocycles. The first-order valence-corrected chi connectivity index (χ1v) is 8.39. The van der Waals surface area contributed by atoms with Crippen molar-refractivity contribution in [3.63, 3.8) is 0 Å². The molecule has 0 spiro atoms. The number of piperidine rings is 1. The van der Waals surface area contributed by atoms with Crippen molar-refractivity contribution in [1.82, 2.24) is 14.5 Å². The van der Waals surface area contributed by atoms with E-state index in [1.54, 1.807) is 11.0 Å². The van der Waals surface area contributed by atoms with E-state index in [4.69, 9.17) is 0 Å². The van der Waals surface area contributed by atoms with Crippen LogP contribution in [0.25, 0.3) is 0 Å². The van der Waals surface area contributed by atoms with Crippen LogP contribution in [0, 0.1) is 5.82 Å². The number of halogens is 1. The molecule has 1 aromatic carbocycles. The quantitative estimate of drug-likeness (QED) is 0.918. The fourth-order valence-electron chi connectivity index (χ4n) is 3.27. The van der Waals surface area contributed by atoms with Gasteiger partial charge >= 0.3 is 5.69 Å². The van der Waals surface area contributed by atoms with Gasteiger partial charge in [0.15, 0.2) is 0 Å². The van der Waals surface area contributed by atoms with Gasteiger partial charge in [-0.3, -0.25) is 14.6 Å². The summed E-state index contributed by atoms with van der Waals surface area (Å²) in [5.41, 5.74) is -0.190. The lowest BCUT2D eigenvalue weighted by Crippen LogP contribution is -2.39. The third-order valence-electron chi connectivity index (χ3n) is 4.52. The van der Waals surface area contributed by atoms with Gasteiger partial charge in [-0.2, -0.15) is 0 Å². The van der Waals surface area contributed by atoms with Gasteiger partial charge in [-0.25, -0.2) is 9.18 Å². The van der Waals surface area contributed by atoms with E-state index in [2.05, 4.69) is 4.98 Å². The fourth-order valence-corrected chi connectivity index (χ4v) is 3.27. The molecule has 1 aromatic heterocycles. The number of aryl methyl sites for hydroxylation is 1. The average molecular weight is 345 g/mol. The number of carbonyl (C=O) groups is 1. The van der Waals surface area contributed by atoms with Gasteiger partial charge in [0.1, 0.15) is 5.82 Å². The lowest BCUT2D eigenvalue weighted by Gasteiger charge is -2.36. The lowest BCUT2D eigenvalue weighted by molar-refractivity contribution is -0.135. The summed E-state index contributed by atoms with van der Waals surface area (Å²) in [4.78, 5) is 39.4. The summed E-state index contributed by atoms with van der Waals surface area (Å²) < 4.78 is 14.8. The molecule has 25 heavy (non-hydrogen) atoms. The molecule has 1 amide bonds. The third-order valence-corrected chi connectivity index (χ3v) is 4.52. The van der Waals surface area contributed by atoms with Crippen molar-refractivity contribution in [3.8, 4) is 0 Å². The summed E-state index contributed by atoms with van der Waals surface area (Å²) in [6.45, 7) is 0.821. The molecule has 6 nitrogen and oxygen atoms in total. The molecule has 132 valence electrons. The maximum Gasteiger partial charge on any atom is 0.328 e. The number of hydrogen-bond acceptors (Lipinski definition) is 3. The fraction of sp³-hybridized carbons (Fsp3) is 0.389. The van der Waals surface area contributed by atoms with Crippen LogP contribution in [0.1, 0.15) is 37.3 Å². The van der Waals surface area contributed by atoms with Crippen LogP contribution >= 0.6 is 0 Å². The van der Waals surface area contributed by atoms with Crippen LogP contribution in [0.2, 0.25) is 0 Å². The minimum absolute atomic E-state index is 0.0768. The number of nitrogens with zero attached hydrogens (tertiary/aromatic N) is 2. The van der Waals surface area contributed by atoms with Crippen LogP contribution in [-0.2, 0) is 11.3 Å². The highest BCUT2D eigenvalue weighted by atomic mass is 19.1. The van der Waals surface area contributed by atoms with Gasteiger partial charge in [-0.05, 0) is 37.0 Å². The monoisotopic (exact) mass is 345 g/mol. The molecule has 7 heteroatoms. The molecular weight excluding hydrogens is 325 g/mol. The summed E-state index contributed by atoms with van der Waals surface area (Å²) in [5.74, 6) is -0.387. The van der Waals surface area contributed by atoms with E-state index in [0.29, 0.717) is 6.54 Å². The van der Waals surface area contributed by atoms with Crippen LogP contribution in [-0.4, -0.2) is 26.9 Å². The highest BCUT2D eigenvalue weighted by Gasteiger charge is 2.27. The standard InChI is InChI=1S/C18H20FN3O3/c19-14-5-3-4-13(12-14)15-6-1-2-9-22(15)17(24)8-11-21-10-7-16(23)20-18(21)25/h3-5,7,10,12,15H,1-2,6,8-9,11H2,(H,20,23,25)/t15-/m0/s1. The summed E-state index contributed by atoms with van der Waals surface area (Å²) in [5, 5.41) is 0. The van der Waals surface area contributed by atoms with Crippen molar-refractivity contribution < 1.29 is 9.18 Å². The van der Waals surface area contributed by atoms with Gasteiger partial charge in [-0.1, -0.05) is 12.1 Å². The largest absolute Gasteiger partial charge is 0.336 e. The Morgan fingerprint density at radius 1 is 1.24 bits per heavy atom. The zero-order valence-corrected chi connectivity index (χ0v) is 13.8. The Morgan fingerprint density at radius 2 is 2.08 bits per heavy atom.